The monoisotopic (exact) mass is 209 g/mol. The molecule has 1 aliphatic rings. The molecule has 15 heavy (non-hydrogen) atoms. The van der Waals surface area contributed by atoms with Crippen molar-refractivity contribution in [3.63, 3.8) is 0 Å². The van der Waals surface area contributed by atoms with E-state index in [-0.39, 0.29) is 10.8 Å². The van der Waals surface area contributed by atoms with E-state index < -0.39 is 11.9 Å². The molecule has 0 aliphatic carbocycles. The lowest BCUT2D eigenvalue weighted by Gasteiger charge is -2.15. The van der Waals surface area contributed by atoms with Crippen LogP contribution in [0.15, 0.2) is 24.5 Å². The maximum absolute atomic E-state index is 13.6. The summed E-state index contributed by atoms with van der Waals surface area (Å²) in [6.45, 7) is 0.775. The van der Waals surface area contributed by atoms with Crippen molar-refractivity contribution in [2.75, 3.05) is 11.7 Å². The molecule has 0 aromatic carbocycles. The minimum absolute atomic E-state index is 0.163. The highest BCUT2D eigenvalue weighted by Crippen LogP contribution is 2.16. The van der Waals surface area contributed by atoms with E-state index in [2.05, 4.69) is 10.3 Å². The van der Waals surface area contributed by atoms with Crippen LogP contribution in [0.1, 0.15) is 12.8 Å². The van der Waals surface area contributed by atoms with Crippen LogP contribution in [-0.2, 0) is 4.79 Å². The fourth-order valence-corrected chi connectivity index (χ4v) is 1.63. The Bertz CT molecular complexity index is 338. The number of carbonyl (C=O) groups is 1. The summed E-state index contributed by atoms with van der Waals surface area (Å²) in [5.74, 6) is -0.541. The quantitative estimate of drug-likeness (QED) is 0.740. The zero-order chi connectivity index (χ0) is 10.7. The van der Waals surface area contributed by atoms with Crippen LogP contribution in [0.25, 0.3) is 0 Å². The average Bonchev–Trinajstić information content (AvgIpc) is 2.82. The van der Waals surface area contributed by atoms with Gasteiger partial charge in [0.05, 0.1) is 17.9 Å². The zero-order valence-corrected chi connectivity index (χ0v) is 8.19. The third-order valence-corrected chi connectivity index (χ3v) is 2.42. The molecule has 0 bridgehead atoms. The first-order valence-electron chi connectivity index (χ1n) is 4.92. The molecule has 1 fully saturated rings. The number of carbonyl (C=O) groups excluding carboxylic acids is 1. The van der Waals surface area contributed by atoms with Crippen LogP contribution in [0.3, 0.4) is 0 Å². The van der Waals surface area contributed by atoms with Gasteiger partial charge in [0.1, 0.15) is 0 Å². The lowest BCUT2D eigenvalue weighted by Crippen LogP contribution is -2.39. The number of nitrogens with one attached hydrogen (secondary N) is 1. The predicted octanol–water partition coefficient (Wildman–Crippen LogP) is 1.05. The molecule has 0 saturated carbocycles. The Morgan fingerprint density at radius 3 is 3.13 bits per heavy atom. The molecule has 0 radical (unpaired) electrons. The van der Waals surface area contributed by atoms with Crippen LogP contribution in [0, 0.1) is 0 Å². The van der Waals surface area contributed by atoms with Gasteiger partial charge in [-0.3, -0.25) is 9.78 Å². The Morgan fingerprint density at radius 1 is 1.67 bits per heavy atom. The highest BCUT2D eigenvalue weighted by Gasteiger charge is 2.28. The third kappa shape index (κ3) is 2.12. The van der Waals surface area contributed by atoms with Gasteiger partial charge in [-0.1, -0.05) is 4.48 Å². The van der Waals surface area contributed by atoms with Crippen molar-refractivity contribution in [1.82, 2.24) is 10.3 Å². The minimum Gasteiger partial charge on any atom is -0.306 e. The fraction of sp³-hybridized carbons (Fsp3) is 0.400. The number of anilines is 1. The smallest absolute Gasteiger partial charge is 0.272 e. The van der Waals surface area contributed by atoms with Gasteiger partial charge in [-0.15, -0.1) is 5.12 Å². The molecule has 1 unspecified atom stereocenters. The van der Waals surface area contributed by atoms with Crippen LogP contribution in [0.2, 0.25) is 0 Å². The molecule has 0 spiro atoms. The number of amides is 1. The molecule has 2 heterocycles. The molecular formula is C10H12FN3O. The van der Waals surface area contributed by atoms with Gasteiger partial charge in [0, 0.05) is 6.20 Å². The normalized spacial score (nSPS) is 20.2. The first kappa shape index (κ1) is 10.0. The van der Waals surface area contributed by atoms with Gasteiger partial charge in [0.15, 0.2) is 0 Å². The summed E-state index contributed by atoms with van der Waals surface area (Å²) >= 11 is 0. The fourth-order valence-electron chi connectivity index (χ4n) is 1.63. The third-order valence-electron chi connectivity index (χ3n) is 2.42. The van der Waals surface area contributed by atoms with Crippen molar-refractivity contribution in [3.05, 3.63) is 24.5 Å². The van der Waals surface area contributed by atoms with Gasteiger partial charge in [-0.25, -0.2) is 0 Å². The molecule has 1 aromatic heterocycles. The van der Waals surface area contributed by atoms with Crippen LogP contribution >= 0.6 is 0 Å². The van der Waals surface area contributed by atoms with Gasteiger partial charge in [-0.2, -0.15) is 0 Å². The van der Waals surface area contributed by atoms with Crippen molar-refractivity contribution < 1.29 is 9.28 Å². The van der Waals surface area contributed by atoms with Gasteiger partial charge in [0.25, 0.3) is 5.91 Å². The van der Waals surface area contributed by atoms with Crippen molar-refractivity contribution in [1.29, 1.82) is 0 Å². The molecule has 1 saturated heterocycles. The van der Waals surface area contributed by atoms with Crippen molar-refractivity contribution in [2.24, 2.45) is 0 Å². The number of hydrogen-bond acceptors (Lipinski definition) is 3. The highest BCUT2D eigenvalue weighted by molar-refractivity contribution is 5.95. The van der Waals surface area contributed by atoms with E-state index in [4.69, 9.17) is 0 Å². The van der Waals surface area contributed by atoms with Crippen molar-refractivity contribution >= 4 is 11.6 Å². The molecule has 2 rings (SSSR count). The number of hydrogen-bond donors (Lipinski definition) is 1. The van der Waals surface area contributed by atoms with E-state index in [1.54, 1.807) is 6.07 Å². The molecule has 1 atom stereocenters. The van der Waals surface area contributed by atoms with Crippen LogP contribution in [0.4, 0.5) is 10.2 Å². The lowest BCUT2D eigenvalue weighted by molar-refractivity contribution is -0.123. The lowest BCUT2D eigenvalue weighted by atomic mass is 10.2. The number of nitrogens with zero attached hydrogens (tertiary/aromatic N) is 2. The second-order valence-electron chi connectivity index (χ2n) is 3.48. The van der Waals surface area contributed by atoms with Crippen LogP contribution in [-0.4, -0.2) is 23.5 Å². The maximum Gasteiger partial charge on any atom is 0.272 e. The SMILES string of the molecule is O=C(C1CCCN1)N(F)c1cccnc1. The van der Waals surface area contributed by atoms with E-state index in [9.17, 15) is 9.28 Å². The summed E-state index contributed by atoms with van der Waals surface area (Å²) in [5.41, 5.74) is 0.177. The highest BCUT2D eigenvalue weighted by atomic mass is 19.2. The Hall–Kier alpha value is -1.49. The zero-order valence-electron chi connectivity index (χ0n) is 8.19. The Morgan fingerprint density at radius 2 is 2.53 bits per heavy atom. The summed E-state index contributed by atoms with van der Waals surface area (Å²) in [6.07, 6.45) is 4.47. The molecule has 1 aliphatic heterocycles. The van der Waals surface area contributed by atoms with E-state index in [1.165, 1.54) is 18.5 Å². The van der Waals surface area contributed by atoms with Gasteiger partial charge >= 0.3 is 0 Å². The number of aromatic nitrogens is 1. The van der Waals surface area contributed by atoms with Crippen LogP contribution in [0.5, 0.6) is 0 Å². The van der Waals surface area contributed by atoms with Crippen LogP contribution < -0.4 is 10.4 Å². The summed E-state index contributed by atoms with van der Waals surface area (Å²) < 4.78 is 13.6. The standard InChI is InChI=1S/C10H12FN3O/c11-14(8-3-1-5-12-7-8)10(15)9-4-2-6-13-9/h1,3,5,7,9,13H,2,4,6H2. The van der Waals surface area contributed by atoms with E-state index >= 15 is 0 Å². The summed E-state index contributed by atoms with van der Waals surface area (Å²) in [6, 6.07) is 2.71. The minimum atomic E-state index is -0.541. The van der Waals surface area contributed by atoms with Gasteiger partial charge in [-0.05, 0) is 31.5 Å². The number of pyridine rings is 1. The Balaban J connectivity index is 2.07. The van der Waals surface area contributed by atoms with E-state index in [0.717, 1.165) is 13.0 Å². The maximum atomic E-state index is 13.6. The van der Waals surface area contributed by atoms with Crippen molar-refractivity contribution in [2.45, 2.75) is 18.9 Å². The molecule has 4 nitrogen and oxygen atoms in total. The van der Waals surface area contributed by atoms with E-state index in [1.807, 2.05) is 0 Å². The number of halogens is 1. The molecule has 5 heteroatoms. The summed E-state index contributed by atoms with van der Waals surface area (Å²) in [7, 11) is 0. The number of rotatable bonds is 2. The van der Waals surface area contributed by atoms with Gasteiger partial charge < -0.3 is 5.32 Å². The second-order valence-corrected chi connectivity index (χ2v) is 3.48. The van der Waals surface area contributed by atoms with Crippen molar-refractivity contribution in [3.8, 4) is 0 Å². The van der Waals surface area contributed by atoms with E-state index in [0.29, 0.717) is 6.42 Å². The molecule has 1 amide bonds. The average molecular weight is 209 g/mol. The second kappa shape index (κ2) is 4.35. The first-order chi connectivity index (χ1) is 7.29. The Labute approximate surface area is 87.0 Å². The molecule has 1 aromatic rings. The first-order valence-corrected chi connectivity index (χ1v) is 4.92. The molecular weight excluding hydrogens is 197 g/mol. The Kier molecular flexibility index (Phi) is 2.91. The summed E-state index contributed by atoms with van der Waals surface area (Å²) in [5, 5.41) is 3.12. The topological polar surface area (TPSA) is 45.2 Å². The summed E-state index contributed by atoms with van der Waals surface area (Å²) in [4.78, 5) is 15.4. The predicted molar refractivity (Wildman–Crippen MR) is 53.9 cm³/mol. The largest absolute Gasteiger partial charge is 0.306 e. The van der Waals surface area contributed by atoms with Gasteiger partial charge in [0.2, 0.25) is 0 Å². The molecule has 80 valence electrons. The molecule has 1 N–H and O–H groups in total.